The van der Waals surface area contributed by atoms with E-state index in [0.29, 0.717) is 0 Å². The molecule has 0 radical (unpaired) electrons. The summed E-state index contributed by atoms with van der Waals surface area (Å²) in [5.41, 5.74) is 4.38. The third-order valence-corrected chi connectivity index (χ3v) is 3.48. The van der Waals surface area contributed by atoms with Gasteiger partial charge in [0.25, 0.3) is 0 Å². The largest absolute Gasteiger partial charge is 0.0998 e. The normalized spacial score (nSPS) is 21.7. The lowest BCUT2D eigenvalue weighted by Gasteiger charge is -2.24. The zero-order valence-corrected chi connectivity index (χ0v) is 9.63. The Balaban J connectivity index is 2.11. The highest BCUT2D eigenvalue weighted by Gasteiger charge is 2.17. The number of hydrogen-bond donors (Lipinski definition) is 0. The highest BCUT2D eigenvalue weighted by Crippen LogP contribution is 2.34. The average molecular weight is 200 g/mol. The summed E-state index contributed by atoms with van der Waals surface area (Å²) in [6, 6.07) is 9.16. The molecule has 1 fully saturated rings. The number of benzene rings is 1. The van der Waals surface area contributed by atoms with Crippen molar-refractivity contribution in [2.45, 2.75) is 44.9 Å². The molecule has 80 valence electrons. The van der Waals surface area contributed by atoms with Gasteiger partial charge >= 0.3 is 0 Å². The van der Waals surface area contributed by atoms with E-state index in [1.807, 2.05) is 0 Å². The quantitative estimate of drug-likeness (QED) is 0.618. The summed E-state index contributed by atoms with van der Waals surface area (Å²) in [7, 11) is 0. The minimum atomic E-state index is 0.733. The Bertz CT molecular complexity index is 332. The van der Waals surface area contributed by atoms with Gasteiger partial charge in [-0.2, -0.15) is 0 Å². The van der Waals surface area contributed by atoms with Gasteiger partial charge in [0.2, 0.25) is 0 Å². The number of aryl methyl sites for hydroxylation is 1. The molecule has 2 rings (SSSR count). The standard InChI is InChI=1S/C15H20/c1-3-13-7-9-14(10-8-13)15-6-4-5-12(2)11-15/h7-10,15H,2-6,11H2,1H3. The van der Waals surface area contributed by atoms with Gasteiger partial charge in [-0.1, -0.05) is 43.3 Å². The Labute approximate surface area is 93.0 Å². The lowest BCUT2D eigenvalue weighted by Crippen LogP contribution is -2.06. The predicted octanol–water partition coefficient (Wildman–Crippen LogP) is 4.46. The van der Waals surface area contributed by atoms with E-state index in [1.165, 1.54) is 42.4 Å². The van der Waals surface area contributed by atoms with Crippen molar-refractivity contribution in [2.75, 3.05) is 0 Å². The summed E-state index contributed by atoms with van der Waals surface area (Å²) in [5, 5.41) is 0. The zero-order chi connectivity index (χ0) is 10.7. The lowest BCUT2D eigenvalue weighted by atomic mass is 9.81. The summed E-state index contributed by atoms with van der Waals surface area (Å²) in [4.78, 5) is 0. The third-order valence-electron chi connectivity index (χ3n) is 3.48. The van der Waals surface area contributed by atoms with Gasteiger partial charge in [0.05, 0.1) is 0 Å². The van der Waals surface area contributed by atoms with Gasteiger partial charge in [-0.15, -0.1) is 0 Å². The molecule has 1 aromatic rings. The van der Waals surface area contributed by atoms with Crippen molar-refractivity contribution >= 4 is 0 Å². The van der Waals surface area contributed by atoms with E-state index in [1.54, 1.807) is 0 Å². The number of hydrogen-bond acceptors (Lipinski definition) is 0. The van der Waals surface area contributed by atoms with Gasteiger partial charge in [0.1, 0.15) is 0 Å². The van der Waals surface area contributed by atoms with Crippen LogP contribution in [0, 0.1) is 0 Å². The maximum atomic E-state index is 4.12. The predicted molar refractivity (Wildman–Crippen MR) is 66.2 cm³/mol. The molecule has 1 unspecified atom stereocenters. The highest BCUT2D eigenvalue weighted by molar-refractivity contribution is 5.27. The minimum absolute atomic E-state index is 0.733. The van der Waals surface area contributed by atoms with Crippen molar-refractivity contribution in [1.82, 2.24) is 0 Å². The lowest BCUT2D eigenvalue weighted by molar-refractivity contribution is 0.524. The Morgan fingerprint density at radius 3 is 2.60 bits per heavy atom. The molecule has 0 nitrogen and oxygen atoms in total. The zero-order valence-electron chi connectivity index (χ0n) is 9.63. The molecule has 0 heteroatoms. The van der Waals surface area contributed by atoms with Gasteiger partial charge in [-0.25, -0.2) is 0 Å². The summed E-state index contributed by atoms with van der Waals surface area (Å²) in [6.07, 6.45) is 6.23. The SMILES string of the molecule is C=C1CCCC(c2ccc(CC)cc2)C1. The van der Waals surface area contributed by atoms with E-state index in [0.717, 1.165) is 12.3 Å². The van der Waals surface area contributed by atoms with Crippen LogP contribution in [0.2, 0.25) is 0 Å². The molecule has 1 aliphatic carbocycles. The molecule has 0 aromatic heterocycles. The van der Waals surface area contributed by atoms with Gasteiger partial charge in [-0.05, 0) is 49.1 Å². The van der Waals surface area contributed by atoms with Crippen LogP contribution in [-0.2, 0) is 6.42 Å². The third kappa shape index (κ3) is 2.50. The van der Waals surface area contributed by atoms with Gasteiger partial charge < -0.3 is 0 Å². The van der Waals surface area contributed by atoms with Crippen molar-refractivity contribution in [2.24, 2.45) is 0 Å². The van der Waals surface area contributed by atoms with E-state index >= 15 is 0 Å². The second-order valence-electron chi connectivity index (χ2n) is 4.64. The molecule has 15 heavy (non-hydrogen) atoms. The molecule has 0 amide bonds. The van der Waals surface area contributed by atoms with E-state index in [-0.39, 0.29) is 0 Å². The van der Waals surface area contributed by atoms with Gasteiger partial charge in [-0.3, -0.25) is 0 Å². The van der Waals surface area contributed by atoms with Gasteiger partial charge in [0.15, 0.2) is 0 Å². The fourth-order valence-corrected chi connectivity index (χ4v) is 2.46. The van der Waals surface area contributed by atoms with E-state index < -0.39 is 0 Å². The number of rotatable bonds is 2. The molecular weight excluding hydrogens is 180 g/mol. The van der Waals surface area contributed by atoms with Crippen molar-refractivity contribution in [3.63, 3.8) is 0 Å². The first-order valence-corrected chi connectivity index (χ1v) is 6.05. The summed E-state index contributed by atoms with van der Waals surface area (Å²) in [5.74, 6) is 0.733. The van der Waals surface area contributed by atoms with Crippen molar-refractivity contribution in [3.05, 3.63) is 47.5 Å². The van der Waals surface area contributed by atoms with E-state index in [9.17, 15) is 0 Å². The summed E-state index contributed by atoms with van der Waals surface area (Å²) in [6.45, 7) is 6.33. The maximum Gasteiger partial charge on any atom is -0.0125 e. The fourth-order valence-electron chi connectivity index (χ4n) is 2.46. The van der Waals surface area contributed by atoms with Crippen LogP contribution in [0.1, 0.15) is 49.7 Å². The molecule has 0 bridgehead atoms. The van der Waals surface area contributed by atoms with Crippen LogP contribution in [0.3, 0.4) is 0 Å². The Kier molecular flexibility index (Phi) is 3.25. The first-order chi connectivity index (χ1) is 7.29. The van der Waals surface area contributed by atoms with Crippen LogP contribution in [0.5, 0.6) is 0 Å². The van der Waals surface area contributed by atoms with Crippen LogP contribution in [0.15, 0.2) is 36.4 Å². The van der Waals surface area contributed by atoms with Crippen molar-refractivity contribution in [1.29, 1.82) is 0 Å². The topological polar surface area (TPSA) is 0 Å². The molecular formula is C15H20. The molecule has 0 aliphatic heterocycles. The molecule has 1 aliphatic rings. The molecule has 1 aromatic carbocycles. The van der Waals surface area contributed by atoms with Crippen LogP contribution in [-0.4, -0.2) is 0 Å². The van der Waals surface area contributed by atoms with E-state index in [2.05, 4.69) is 37.8 Å². The summed E-state index contributed by atoms with van der Waals surface area (Å²) < 4.78 is 0. The molecule has 1 atom stereocenters. The maximum absolute atomic E-state index is 4.12. The smallest absolute Gasteiger partial charge is 0.0125 e. The van der Waals surface area contributed by atoms with Crippen molar-refractivity contribution in [3.8, 4) is 0 Å². The van der Waals surface area contributed by atoms with Gasteiger partial charge in [0, 0.05) is 0 Å². The van der Waals surface area contributed by atoms with Crippen molar-refractivity contribution < 1.29 is 0 Å². The second-order valence-corrected chi connectivity index (χ2v) is 4.64. The van der Waals surface area contributed by atoms with Crippen LogP contribution >= 0.6 is 0 Å². The average Bonchev–Trinajstić information content (AvgIpc) is 2.29. The monoisotopic (exact) mass is 200 g/mol. The highest BCUT2D eigenvalue weighted by atomic mass is 14.2. The van der Waals surface area contributed by atoms with Crippen LogP contribution < -0.4 is 0 Å². The van der Waals surface area contributed by atoms with E-state index in [4.69, 9.17) is 0 Å². The molecule has 0 saturated heterocycles. The number of allylic oxidation sites excluding steroid dienone is 1. The molecule has 0 heterocycles. The van der Waals surface area contributed by atoms with Crippen LogP contribution in [0.4, 0.5) is 0 Å². The molecule has 0 spiro atoms. The Morgan fingerprint density at radius 2 is 2.00 bits per heavy atom. The minimum Gasteiger partial charge on any atom is -0.0998 e. The molecule has 0 N–H and O–H groups in total. The van der Waals surface area contributed by atoms with Crippen LogP contribution in [0.25, 0.3) is 0 Å². The Morgan fingerprint density at radius 1 is 1.27 bits per heavy atom. The fraction of sp³-hybridized carbons (Fsp3) is 0.467. The Hall–Kier alpha value is -1.04. The summed E-state index contributed by atoms with van der Waals surface area (Å²) >= 11 is 0. The first kappa shape index (κ1) is 10.5. The second kappa shape index (κ2) is 4.65. The first-order valence-electron chi connectivity index (χ1n) is 6.05. The molecule has 1 saturated carbocycles.